The third kappa shape index (κ3) is 2.66. The van der Waals surface area contributed by atoms with Crippen LogP contribution in [0.2, 0.25) is 5.02 Å². The number of carbonyl (C=O) groups is 1. The summed E-state index contributed by atoms with van der Waals surface area (Å²) in [4.78, 5) is 12.2. The maximum absolute atomic E-state index is 12.2. The monoisotopic (exact) mass is 315 g/mol. The minimum absolute atomic E-state index is 0.00156. The molecule has 17 heavy (non-hydrogen) atoms. The van der Waals surface area contributed by atoms with E-state index in [0.29, 0.717) is 10.6 Å². The van der Waals surface area contributed by atoms with Crippen LogP contribution in [0, 0.1) is 6.92 Å². The van der Waals surface area contributed by atoms with E-state index < -0.39 is 0 Å². The van der Waals surface area contributed by atoms with Crippen molar-refractivity contribution in [3.05, 3.63) is 34.3 Å². The maximum atomic E-state index is 12.2. The molecule has 1 fully saturated rings. The highest BCUT2D eigenvalue weighted by molar-refractivity contribution is 9.09. The van der Waals surface area contributed by atoms with Crippen LogP contribution in [0.25, 0.3) is 0 Å². The number of aryl methyl sites for hydroxylation is 1. The summed E-state index contributed by atoms with van der Waals surface area (Å²) >= 11 is 9.36. The minimum Gasteiger partial charge on any atom is -0.346 e. The van der Waals surface area contributed by atoms with E-state index in [4.69, 9.17) is 11.6 Å². The maximum Gasteiger partial charge on any atom is 0.252 e. The topological polar surface area (TPSA) is 29.1 Å². The third-order valence-corrected chi connectivity index (χ3v) is 4.69. The van der Waals surface area contributed by atoms with Crippen molar-refractivity contribution >= 4 is 33.4 Å². The number of amides is 1. The summed E-state index contributed by atoms with van der Waals surface area (Å²) < 4.78 is 0. The first kappa shape index (κ1) is 12.9. The van der Waals surface area contributed by atoms with Crippen molar-refractivity contribution in [3.63, 3.8) is 0 Å². The van der Waals surface area contributed by atoms with E-state index >= 15 is 0 Å². The average molecular weight is 317 g/mol. The van der Waals surface area contributed by atoms with Crippen LogP contribution in [-0.4, -0.2) is 16.8 Å². The summed E-state index contributed by atoms with van der Waals surface area (Å²) in [6, 6.07) is 5.36. The quantitative estimate of drug-likeness (QED) is 0.847. The Morgan fingerprint density at radius 2 is 2.24 bits per heavy atom. The number of alkyl halides is 1. The van der Waals surface area contributed by atoms with E-state index in [9.17, 15) is 4.79 Å². The number of hydrogen-bond acceptors (Lipinski definition) is 1. The van der Waals surface area contributed by atoms with E-state index in [1.165, 1.54) is 6.42 Å². The van der Waals surface area contributed by atoms with Gasteiger partial charge in [0.25, 0.3) is 5.91 Å². The van der Waals surface area contributed by atoms with E-state index in [1.54, 1.807) is 12.1 Å². The predicted molar refractivity (Wildman–Crippen MR) is 74.0 cm³/mol. The van der Waals surface area contributed by atoms with E-state index in [-0.39, 0.29) is 11.4 Å². The Balaban J connectivity index is 2.14. The molecule has 1 amide bonds. The van der Waals surface area contributed by atoms with Crippen molar-refractivity contribution in [2.24, 2.45) is 0 Å². The van der Waals surface area contributed by atoms with Gasteiger partial charge < -0.3 is 5.32 Å². The van der Waals surface area contributed by atoms with Crippen molar-refractivity contribution in [2.75, 3.05) is 5.33 Å². The molecule has 1 aromatic carbocycles. The van der Waals surface area contributed by atoms with Gasteiger partial charge in [-0.25, -0.2) is 0 Å². The molecule has 0 aromatic heterocycles. The fourth-order valence-corrected chi connectivity index (χ4v) is 3.01. The molecule has 0 radical (unpaired) electrons. The standard InChI is InChI=1S/C13H15BrClNO/c1-9-7-10(15)3-4-11(9)12(17)16-13(8-14)5-2-6-13/h3-4,7H,2,5-6,8H2,1H3,(H,16,17). The molecule has 2 rings (SSSR count). The number of carbonyl (C=O) groups excluding carboxylic acids is 1. The number of nitrogens with one attached hydrogen (secondary N) is 1. The highest BCUT2D eigenvalue weighted by Crippen LogP contribution is 2.33. The lowest BCUT2D eigenvalue weighted by molar-refractivity contribution is 0.0856. The molecule has 1 aliphatic carbocycles. The van der Waals surface area contributed by atoms with Crippen molar-refractivity contribution in [1.82, 2.24) is 5.32 Å². The number of hydrogen-bond donors (Lipinski definition) is 1. The zero-order valence-corrected chi connectivity index (χ0v) is 12.1. The molecule has 0 bridgehead atoms. The number of halogens is 2. The normalized spacial score (nSPS) is 17.4. The first-order valence-corrected chi connectivity index (χ1v) is 7.21. The zero-order valence-electron chi connectivity index (χ0n) is 9.72. The lowest BCUT2D eigenvalue weighted by Crippen LogP contribution is -2.54. The summed E-state index contributed by atoms with van der Waals surface area (Å²) in [5.74, 6) is -0.00156. The van der Waals surface area contributed by atoms with Crippen molar-refractivity contribution in [3.8, 4) is 0 Å². The summed E-state index contributed by atoms with van der Waals surface area (Å²) in [5.41, 5.74) is 1.59. The molecule has 92 valence electrons. The second kappa shape index (κ2) is 4.99. The first-order valence-electron chi connectivity index (χ1n) is 5.71. The Morgan fingerprint density at radius 3 is 2.71 bits per heavy atom. The van der Waals surface area contributed by atoms with Crippen LogP contribution in [-0.2, 0) is 0 Å². The molecule has 0 spiro atoms. The first-order chi connectivity index (χ1) is 8.06. The van der Waals surface area contributed by atoms with Gasteiger partial charge in [0.15, 0.2) is 0 Å². The largest absolute Gasteiger partial charge is 0.346 e. The SMILES string of the molecule is Cc1cc(Cl)ccc1C(=O)NC1(CBr)CCC1. The molecular formula is C13H15BrClNO. The van der Waals surface area contributed by atoms with Crippen molar-refractivity contribution in [1.29, 1.82) is 0 Å². The molecule has 0 atom stereocenters. The minimum atomic E-state index is -0.0385. The summed E-state index contributed by atoms with van der Waals surface area (Å²) in [7, 11) is 0. The molecule has 0 heterocycles. The molecule has 1 N–H and O–H groups in total. The van der Waals surface area contributed by atoms with E-state index in [1.807, 2.05) is 13.0 Å². The van der Waals surface area contributed by atoms with Gasteiger partial charge in [-0.2, -0.15) is 0 Å². The van der Waals surface area contributed by atoms with Crippen LogP contribution >= 0.6 is 27.5 Å². The molecule has 1 saturated carbocycles. The molecule has 1 aliphatic rings. The predicted octanol–water partition coefficient (Wildman–Crippen LogP) is 3.70. The fourth-order valence-electron chi connectivity index (χ4n) is 2.09. The smallest absolute Gasteiger partial charge is 0.252 e. The highest BCUT2D eigenvalue weighted by Gasteiger charge is 2.37. The summed E-state index contributed by atoms with van der Waals surface area (Å²) in [6.45, 7) is 1.91. The Morgan fingerprint density at radius 1 is 1.53 bits per heavy atom. The summed E-state index contributed by atoms with van der Waals surface area (Å²) in [6.07, 6.45) is 3.29. The Labute approximate surface area is 115 Å². The van der Waals surface area contributed by atoms with Crippen LogP contribution in [0.3, 0.4) is 0 Å². The average Bonchev–Trinajstić information content (AvgIpc) is 2.23. The lowest BCUT2D eigenvalue weighted by atomic mass is 9.78. The Kier molecular flexibility index (Phi) is 3.79. The van der Waals surface area contributed by atoms with Gasteiger partial charge in [-0.15, -0.1) is 0 Å². The van der Waals surface area contributed by atoms with Gasteiger partial charge in [-0.05, 0) is 49.9 Å². The van der Waals surface area contributed by atoms with Gasteiger partial charge in [0.2, 0.25) is 0 Å². The van der Waals surface area contributed by atoms with E-state index in [2.05, 4.69) is 21.2 Å². The van der Waals surface area contributed by atoms with Crippen LogP contribution in [0.5, 0.6) is 0 Å². The van der Waals surface area contributed by atoms with Crippen molar-refractivity contribution < 1.29 is 4.79 Å². The molecule has 0 unspecified atom stereocenters. The van der Waals surface area contributed by atoms with Crippen LogP contribution < -0.4 is 5.32 Å². The Bertz CT molecular complexity index is 438. The lowest BCUT2D eigenvalue weighted by Gasteiger charge is -2.41. The van der Waals surface area contributed by atoms with Crippen LogP contribution in [0.1, 0.15) is 35.2 Å². The molecule has 0 saturated heterocycles. The summed E-state index contributed by atoms with van der Waals surface area (Å²) in [5, 5.41) is 4.61. The second-order valence-corrected chi connectivity index (χ2v) is 5.68. The van der Waals surface area contributed by atoms with Gasteiger partial charge in [0.1, 0.15) is 0 Å². The zero-order chi connectivity index (χ0) is 12.5. The van der Waals surface area contributed by atoms with Crippen molar-refractivity contribution in [2.45, 2.75) is 31.7 Å². The second-order valence-electron chi connectivity index (χ2n) is 4.68. The number of benzene rings is 1. The fraction of sp³-hybridized carbons (Fsp3) is 0.462. The van der Waals surface area contributed by atoms with Gasteiger partial charge in [-0.3, -0.25) is 4.79 Å². The molecule has 2 nitrogen and oxygen atoms in total. The van der Waals surface area contributed by atoms with Gasteiger partial charge in [0, 0.05) is 15.9 Å². The Hall–Kier alpha value is -0.540. The molecular weight excluding hydrogens is 302 g/mol. The third-order valence-electron chi connectivity index (χ3n) is 3.38. The van der Waals surface area contributed by atoms with Gasteiger partial charge in [-0.1, -0.05) is 27.5 Å². The van der Waals surface area contributed by atoms with E-state index in [0.717, 1.165) is 23.7 Å². The highest BCUT2D eigenvalue weighted by atomic mass is 79.9. The van der Waals surface area contributed by atoms with Crippen LogP contribution in [0.4, 0.5) is 0 Å². The van der Waals surface area contributed by atoms with Crippen LogP contribution in [0.15, 0.2) is 18.2 Å². The molecule has 4 heteroatoms. The molecule has 0 aliphatic heterocycles. The number of rotatable bonds is 3. The van der Waals surface area contributed by atoms with Gasteiger partial charge >= 0.3 is 0 Å². The van der Waals surface area contributed by atoms with Gasteiger partial charge in [0.05, 0.1) is 5.54 Å². The molecule has 1 aromatic rings.